The van der Waals surface area contributed by atoms with Crippen LogP contribution in [0.15, 0.2) is 137 Å². The van der Waals surface area contributed by atoms with Gasteiger partial charge in [-0.3, -0.25) is 4.99 Å². The lowest BCUT2D eigenvalue weighted by atomic mass is 9.67. The second-order valence-corrected chi connectivity index (χ2v) is 13.1. The first kappa shape index (κ1) is 30.7. The summed E-state index contributed by atoms with van der Waals surface area (Å²) < 4.78 is 12.7. The van der Waals surface area contributed by atoms with E-state index in [4.69, 9.17) is 14.1 Å². The molecule has 6 heteroatoms. The van der Waals surface area contributed by atoms with Crippen molar-refractivity contribution in [2.75, 3.05) is 6.51 Å². The van der Waals surface area contributed by atoms with Crippen LogP contribution >= 0.6 is 0 Å². The minimum absolute atomic E-state index is 0.249. The first-order valence-electron chi connectivity index (χ1n) is 16.1. The first-order chi connectivity index (χ1) is 22.7. The van der Waals surface area contributed by atoms with Gasteiger partial charge in [0.15, 0.2) is 7.28 Å². The van der Waals surface area contributed by atoms with Gasteiger partial charge in [-0.05, 0) is 79.2 Å². The Morgan fingerprint density at radius 2 is 1.40 bits per heavy atom. The van der Waals surface area contributed by atoms with Gasteiger partial charge in [0, 0.05) is 23.0 Å². The Bertz CT molecular complexity index is 2090. The molecule has 0 aliphatic carbocycles. The zero-order chi connectivity index (χ0) is 32.6. The van der Waals surface area contributed by atoms with E-state index in [9.17, 15) is 5.11 Å². The number of aliphatic hydroxyl groups is 1. The molecule has 1 atom stereocenters. The molecule has 6 aromatic rings. The summed E-state index contributed by atoms with van der Waals surface area (Å²) in [7, 11) is 2.07. The van der Waals surface area contributed by atoms with Gasteiger partial charge < -0.3 is 19.6 Å². The summed E-state index contributed by atoms with van der Waals surface area (Å²) in [5.41, 5.74) is 8.23. The molecule has 5 nitrogen and oxygen atoms in total. The Hall–Kier alpha value is -4.91. The van der Waals surface area contributed by atoms with Crippen molar-refractivity contribution in [1.82, 2.24) is 5.32 Å². The standard InChI is InChI=1S/C41H38BN2O3/c1-40(2,45)41(3,4)46-26-42-37-31(23-24-33-32-17-11-12-18-36(32)47-38(33)37)27-19-21-30(22-20-27)39-43-34(28-13-7-5-8-14-28)25-35(44-39)29-15-9-6-10-16-29/h5-25,39,43,45H,26H2,1-4H3. The first-order valence-corrected chi connectivity index (χ1v) is 16.1. The highest BCUT2D eigenvalue weighted by molar-refractivity contribution is 6.59. The van der Waals surface area contributed by atoms with Gasteiger partial charge in [0.25, 0.3) is 0 Å². The van der Waals surface area contributed by atoms with Crippen molar-refractivity contribution in [1.29, 1.82) is 0 Å². The van der Waals surface area contributed by atoms with Crippen molar-refractivity contribution in [3.63, 3.8) is 0 Å². The number of ether oxygens (including phenoxy) is 1. The van der Waals surface area contributed by atoms with E-state index in [1.807, 2.05) is 56.3 Å². The molecule has 0 spiro atoms. The van der Waals surface area contributed by atoms with Crippen LogP contribution in [-0.4, -0.2) is 35.8 Å². The van der Waals surface area contributed by atoms with E-state index in [-0.39, 0.29) is 6.17 Å². The average molecular weight is 618 g/mol. The molecule has 47 heavy (non-hydrogen) atoms. The Kier molecular flexibility index (Phi) is 8.09. The largest absolute Gasteiger partial charge is 0.457 e. The molecule has 1 aliphatic heterocycles. The van der Waals surface area contributed by atoms with E-state index in [0.717, 1.165) is 66.6 Å². The third-order valence-corrected chi connectivity index (χ3v) is 9.32. The fourth-order valence-corrected chi connectivity index (χ4v) is 5.86. The third-order valence-electron chi connectivity index (χ3n) is 9.32. The Balaban J connectivity index is 1.24. The van der Waals surface area contributed by atoms with E-state index >= 15 is 0 Å². The topological polar surface area (TPSA) is 67.0 Å². The zero-order valence-electron chi connectivity index (χ0n) is 27.2. The Morgan fingerprint density at radius 1 is 0.745 bits per heavy atom. The summed E-state index contributed by atoms with van der Waals surface area (Å²) >= 11 is 0. The number of hydrogen-bond donors (Lipinski definition) is 2. The van der Waals surface area contributed by atoms with Gasteiger partial charge >= 0.3 is 0 Å². The van der Waals surface area contributed by atoms with E-state index in [2.05, 4.69) is 97.5 Å². The molecule has 0 amide bonds. The molecule has 0 bridgehead atoms. The molecule has 1 radical (unpaired) electrons. The summed E-state index contributed by atoms with van der Waals surface area (Å²) in [5, 5.41) is 16.5. The van der Waals surface area contributed by atoms with Gasteiger partial charge in [-0.25, -0.2) is 0 Å². The SMILES string of the molecule is CC(C)(O)C(C)(C)OC[B]c1c(-c2ccc(C3N=C(c4ccccc4)C=C(c4ccccc4)N3)cc2)ccc2c1oc1ccccc12. The molecule has 0 saturated carbocycles. The molecular formula is C41H38BN2O3. The van der Waals surface area contributed by atoms with Gasteiger partial charge in [-0.2, -0.15) is 0 Å². The fraction of sp³-hybridized carbons (Fsp3) is 0.195. The summed E-state index contributed by atoms with van der Waals surface area (Å²) in [6, 6.07) is 41.7. The minimum atomic E-state index is -1.00. The molecule has 0 fully saturated rings. The maximum Gasteiger partial charge on any atom is 0.191 e. The number of furan rings is 1. The van der Waals surface area contributed by atoms with Gasteiger partial charge in [-0.1, -0.05) is 109 Å². The van der Waals surface area contributed by atoms with Crippen molar-refractivity contribution in [3.8, 4) is 11.1 Å². The van der Waals surface area contributed by atoms with Crippen molar-refractivity contribution < 1.29 is 14.3 Å². The monoisotopic (exact) mass is 617 g/mol. The molecule has 1 aromatic heterocycles. The normalized spacial score (nSPS) is 15.3. The van der Waals surface area contributed by atoms with E-state index in [0.29, 0.717) is 6.51 Å². The number of aliphatic imine (C=N–C) groups is 1. The van der Waals surface area contributed by atoms with Gasteiger partial charge in [0.2, 0.25) is 0 Å². The maximum atomic E-state index is 10.7. The molecule has 1 unspecified atom stereocenters. The summed E-state index contributed by atoms with van der Waals surface area (Å²) in [5.74, 6) is 0. The van der Waals surface area contributed by atoms with Crippen LogP contribution in [-0.2, 0) is 4.74 Å². The quantitative estimate of drug-likeness (QED) is 0.161. The molecule has 2 N–H and O–H groups in total. The summed E-state index contributed by atoms with van der Waals surface area (Å²) in [4.78, 5) is 5.14. The summed E-state index contributed by atoms with van der Waals surface area (Å²) in [6.45, 7) is 7.67. The van der Waals surface area contributed by atoms with Crippen LogP contribution in [0.4, 0.5) is 0 Å². The fourth-order valence-electron chi connectivity index (χ4n) is 5.86. The molecule has 233 valence electrons. The maximum absolute atomic E-state index is 10.7. The van der Waals surface area contributed by atoms with Crippen LogP contribution in [0.25, 0.3) is 38.8 Å². The van der Waals surface area contributed by atoms with Crippen LogP contribution in [0.3, 0.4) is 0 Å². The average Bonchev–Trinajstić information content (AvgIpc) is 3.48. The molecule has 2 heterocycles. The number of para-hydroxylation sites is 1. The van der Waals surface area contributed by atoms with E-state index < -0.39 is 11.2 Å². The van der Waals surface area contributed by atoms with E-state index in [1.54, 1.807) is 13.8 Å². The zero-order valence-corrected chi connectivity index (χ0v) is 27.2. The number of nitrogens with zero attached hydrogens (tertiary/aromatic N) is 1. The lowest BCUT2D eigenvalue weighted by molar-refractivity contribution is -0.135. The van der Waals surface area contributed by atoms with Gasteiger partial charge in [0.05, 0.1) is 16.9 Å². The van der Waals surface area contributed by atoms with Crippen molar-refractivity contribution in [2.24, 2.45) is 4.99 Å². The number of nitrogens with one attached hydrogen (secondary N) is 1. The predicted molar refractivity (Wildman–Crippen MR) is 194 cm³/mol. The van der Waals surface area contributed by atoms with Gasteiger partial charge in [-0.15, -0.1) is 0 Å². The second kappa shape index (κ2) is 12.4. The van der Waals surface area contributed by atoms with Crippen LogP contribution < -0.4 is 10.8 Å². The number of fused-ring (bicyclic) bond motifs is 3. The molecule has 1 aliphatic rings. The molecular weight excluding hydrogens is 579 g/mol. The van der Waals surface area contributed by atoms with E-state index in [1.165, 1.54) is 0 Å². The Labute approximate surface area is 276 Å². The van der Waals surface area contributed by atoms with Crippen molar-refractivity contribution in [3.05, 3.63) is 144 Å². The highest BCUT2D eigenvalue weighted by Crippen LogP contribution is 2.33. The lowest BCUT2D eigenvalue weighted by Gasteiger charge is -2.37. The Morgan fingerprint density at radius 3 is 2.11 bits per heavy atom. The van der Waals surface area contributed by atoms with Crippen LogP contribution in [0, 0.1) is 0 Å². The number of benzene rings is 5. The van der Waals surface area contributed by atoms with Crippen molar-refractivity contribution in [2.45, 2.75) is 45.1 Å². The highest BCUT2D eigenvalue weighted by Gasteiger charge is 2.36. The number of hydrogen-bond acceptors (Lipinski definition) is 5. The molecule has 5 aromatic carbocycles. The highest BCUT2D eigenvalue weighted by atomic mass is 16.5. The van der Waals surface area contributed by atoms with Crippen LogP contribution in [0.1, 0.15) is 50.6 Å². The lowest BCUT2D eigenvalue weighted by Crippen LogP contribution is -2.48. The van der Waals surface area contributed by atoms with Crippen LogP contribution in [0.2, 0.25) is 0 Å². The second-order valence-electron chi connectivity index (χ2n) is 13.1. The third kappa shape index (κ3) is 6.15. The molecule has 7 rings (SSSR count). The smallest absolute Gasteiger partial charge is 0.191 e. The summed E-state index contributed by atoms with van der Waals surface area (Å²) in [6.07, 6.45) is 1.88. The molecule has 0 saturated heterocycles. The number of allylic oxidation sites excluding steroid dienone is 1. The van der Waals surface area contributed by atoms with Crippen molar-refractivity contribution >= 4 is 46.1 Å². The van der Waals surface area contributed by atoms with Gasteiger partial charge in [0.1, 0.15) is 17.3 Å². The minimum Gasteiger partial charge on any atom is -0.457 e. The van der Waals surface area contributed by atoms with Crippen LogP contribution in [0.5, 0.6) is 0 Å². The predicted octanol–water partition coefficient (Wildman–Crippen LogP) is 8.24. The number of rotatable bonds is 9.